The molecule has 0 radical (unpaired) electrons. The summed E-state index contributed by atoms with van der Waals surface area (Å²) in [5, 5.41) is 8.49. The van der Waals surface area contributed by atoms with Crippen LogP contribution in [0.3, 0.4) is 0 Å². The summed E-state index contributed by atoms with van der Waals surface area (Å²) in [5.41, 5.74) is 0.564. The van der Waals surface area contributed by atoms with E-state index in [1.54, 1.807) is 20.8 Å². The third-order valence-corrected chi connectivity index (χ3v) is 6.69. The van der Waals surface area contributed by atoms with E-state index in [-0.39, 0.29) is 25.2 Å². The van der Waals surface area contributed by atoms with E-state index < -0.39 is 47.1 Å². The van der Waals surface area contributed by atoms with Crippen LogP contribution in [0.5, 0.6) is 0 Å². The Morgan fingerprint density at radius 3 is 1.98 bits per heavy atom. The number of hydrogen-bond donors (Lipinski definition) is 3. The minimum Gasteiger partial charge on any atom is -0.467 e. The van der Waals surface area contributed by atoms with E-state index >= 15 is 0 Å². The molecule has 2 aromatic rings. The zero-order chi connectivity index (χ0) is 29.5. The molecule has 9 heteroatoms. The van der Waals surface area contributed by atoms with Gasteiger partial charge in [-0.2, -0.15) is 0 Å². The summed E-state index contributed by atoms with van der Waals surface area (Å²) in [4.78, 5) is 53.0. The highest BCUT2D eigenvalue weighted by molar-refractivity contribution is 5.96. The lowest BCUT2D eigenvalue weighted by atomic mass is 9.93. The van der Waals surface area contributed by atoms with Gasteiger partial charge in [0.05, 0.1) is 7.11 Å². The standard InChI is InChI=1S/C31H41N3O6/c1-20(2)16-25(27(36)39-6)32-26(35)24(17-21-12-8-7-9-13-21)33-28(37)31(34-29(38)40-30(3,4)5)18-22-14-10-11-15-23(22)19-31/h7-15,20,24-25H,16-19H2,1-6H3,(H,32,35)(H,33,37)(H,34,38)/t24-,25-/m1/s1. The van der Waals surface area contributed by atoms with Crippen molar-refractivity contribution in [3.63, 3.8) is 0 Å². The lowest BCUT2D eigenvalue weighted by Gasteiger charge is -2.32. The summed E-state index contributed by atoms with van der Waals surface area (Å²) in [6.45, 7) is 9.12. The molecule has 0 heterocycles. The minimum atomic E-state index is -1.36. The summed E-state index contributed by atoms with van der Waals surface area (Å²) >= 11 is 0. The number of fused-ring (bicyclic) bond motifs is 1. The largest absolute Gasteiger partial charge is 0.467 e. The second-order valence-corrected chi connectivity index (χ2v) is 11.8. The number of benzene rings is 2. The Morgan fingerprint density at radius 1 is 0.875 bits per heavy atom. The fraction of sp³-hybridized carbons (Fsp3) is 0.484. The van der Waals surface area contributed by atoms with E-state index in [0.717, 1.165) is 16.7 Å². The lowest BCUT2D eigenvalue weighted by Crippen LogP contribution is -2.64. The van der Waals surface area contributed by atoms with Gasteiger partial charge in [-0.25, -0.2) is 9.59 Å². The van der Waals surface area contributed by atoms with Crippen molar-refractivity contribution in [3.05, 3.63) is 71.3 Å². The minimum absolute atomic E-state index is 0.116. The van der Waals surface area contributed by atoms with Crippen LogP contribution in [0, 0.1) is 5.92 Å². The van der Waals surface area contributed by atoms with Crippen molar-refractivity contribution in [2.75, 3.05) is 7.11 Å². The molecule has 0 spiro atoms. The zero-order valence-corrected chi connectivity index (χ0v) is 24.2. The maximum absolute atomic E-state index is 14.0. The van der Waals surface area contributed by atoms with E-state index in [9.17, 15) is 19.2 Å². The maximum Gasteiger partial charge on any atom is 0.408 e. The molecule has 2 aromatic carbocycles. The van der Waals surface area contributed by atoms with Gasteiger partial charge in [0.1, 0.15) is 23.2 Å². The number of alkyl carbamates (subject to hydrolysis) is 1. The number of nitrogens with one attached hydrogen (secondary N) is 3. The van der Waals surface area contributed by atoms with Gasteiger partial charge in [0, 0.05) is 19.3 Å². The molecular weight excluding hydrogens is 510 g/mol. The van der Waals surface area contributed by atoms with Crippen LogP contribution in [0.4, 0.5) is 4.79 Å². The van der Waals surface area contributed by atoms with Crippen molar-refractivity contribution in [2.24, 2.45) is 5.92 Å². The van der Waals surface area contributed by atoms with Gasteiger partial charge in [-0.3, -0.25) is 9.59 Å². The number of esters is 1. The average Bonchev–Trinajstić information content (AvgIpc) is 3.25. The summed E-state index contributed by atoms with van der Waals surface area (Å²) in [6, 6.07) is 15.0. The Hall–Kier alpha value is -3.88. The molecule has 0 saturated heterocycles. The normalized spacial score (nSPS) is 15.4. The van der Waals surface area contributed by atoms with Crippen LogP contribution in [0.15, 0.2) is 54.6 Å². The number of carbonyl (C=O) groups is 4. The second kappa shape index (κ2) is 13.0. The van der Waals surface area contributed by atoms with Crippen LogP contribution in [-0.2, 0) is 43.1 Å². The van der Waals surface area contributed by atoms with E-state index in [1.807, 2.05) is 68.4 Å². The van der Waals surface area contributed by atoms with E-state index in [2.05, 4.69) is 16.0 Å². The lowest BCUT2D eigenvalue weighted by molar-refractivity contribution is -0.146. The van der Waals surface area contributed by atoms with Crippen LogP contribution in [0.2, 0.25) is 0 Å². The van der Waals surface area contributed by atoms with E-state index in [4.69, 9.17) is 9.47 Å². The Morgan fingerprint density at radius 2 is 1.45 bits per heavy atom. The number of carbonyl (C=O) groups excluding carboxylic acids is 4. The molecule has 0 aromatic heterocycles. The van der Waals surface area contributed by atoms with Gasteiger partial charge in [-0.15, -0.1) is 0 Å². The molecule has 40 heavy (non-hydrogen) atoms. The molecule has 216 valence electrons. The Labute approximate surface area is 236 Å². The first-order valence-corrected chi connectivity index (χ1v) is 13.6. The predicted octanol–water partition coefficient (Wildman–Crippen LogP) is 3.48. The van der Waals surface area contributed by atoms with Gasteiger partial charge < -0.3 is 25.4 Å². The maximum atomic E-state index is 14.0. The molecule has 2 atom stereocenters. The molecule has 1 aliphatic carbocycles. The smallest absolute Gasteiger partial charge is 0.408 e. The number of methoxy groups -OCH3 is 1. The van der Waals surface area contributed by atoms with Crippen molar-refractivity contribution in [3.8, 4) is 0 Å². The number of ether oxygens (including phenoxy) is 2. The Balaban J connectivity index is 1.91. The Kier molecular flexibility index (Phi) is 9.95. The first-order chi connectivity index (χ1) is 18.8. The highest BCUT2D eigenvalue weighted by Gasteiger charge is 2.47. The van der Waals surface area contributed by atoms with Gasteiger partial charge in [-0.1, -0.05) is 68.4 Å². The SMILES string of the molecule is COC(=O)[C@@H](CC(C)C)NC(=O)[C@@H](Cc1ccccc1)NC(=O)C1(NC(=O)OC(C)(C)C)Cc2ccccc2C1. The fourth-order valence-corrected chi connectivity index (χ4v) is 4.88. The predicted molar refractivity (Wildman–Crippen MR) is 151 cm³/mol. The van der Waals surface area contributed by atoms with Gasteiger partial charge in [0.25, 0.3) is 0 Å². The van der Waals surface area contributed by atoms with Crippen molar-refractivity contribution >= 4 is 23.9 Å². The summed E-state index contributed by atoms with van der Waals surface area (Å²) < 4.78 is 10.4. The molecule has 0 fully saturated rings. The van der Waals surface area contributed by atoms with Crippen molar-refractivity contribution < 1.29 is 28.7 Å². The van der Waals surface area contributed by atoms with Crippen LogP contribution in [-0.4, -0.2) is 54.2 Å². The summed E-state index contributed by atoms with van der Waals surface area (Å²) in [5.74, 6) is -1.47. The van der Waals surface area contributed by atoms with Crippen LogP contribution in [0.25, 0.3) is 0 Å². The number of hydrogen-bond acceptors (Lipinski definition) is 6. The highest BCUT2D eigenvalue weighted by Crippen LogP contribution is 2.31. The molecule has 3 amide bonds. The van der Waals surface area contributed by atoms with Crippen molar-refractivity contribution in [2.45, 2.75) is 83.5 Å². The third-order valence-electron chi connectivity index (χ3n) is 6.69. The van der Waals surface area contributed by atoms with Crippen LogP contribution < -0.4 is 16.0 Å². The number of amides is 3. The molecule has 0 aliphatic heterocycles. The summed E-state index contributed by atoms with van der Waals surface area (Å²) in [6.07, 6.45) is 0.327. The molecule has 3 N–H and O–H groups in total. The van der Waals surface area contributed by atoms with Crippen LogP contribution >= 0.6 is 0 Å². The van der Waals surface area contributed by atoms with Crippen molar-refractivity contribution in [1.82, 2.24) is 16.0 Å². The molecule has 0 bridgehead atoms. The van der Waals surface area contributed by atoms with Gasteiger partial charge in [-0.05, 0) is 49.8 Å². The Bertz CT molecular complexity index is 1180. The quantitative estimate of drug-likeness (QED) is 0.389. The first kappa shape index (κ1) is 30.7. The molecule has 3 rings (SSSR count). The van der Waals surface area contributed by atoms with E-state index in [1.165, 1.54) is 7.11 Å². The zero-order valence-electron chi connectivity index (χ0n) is 24.2. The summed E-state index contributed by atoms with van der Waals surface area (Å²) in [7, 11) is 1.27. The van der Waals surface area contributed by atoms with Gasteiger partial charge in [0.15, 0.2) is 0 Å². The number of rotatable bonds is 10. The van der Waals surface area contributed by atoms with E-state index in [0.29, 0.717) is 6.42 Å². The monoisotopic (exact) mass is 551 g/mol. The fourth-order valence-electron chi connectivity index (χ4n) is 4.88. The molecule has 0 unspecified atom stereocenters. The highest BCUT2D eigenvalue weighted by atomic mass is 16.6. The topological polar surface area (TPSA) is 123 Å². The van der Waals surface area contributed by atoms with Gasteiger partial charge in [0.2, 0.25) is 11.8 Å². The molecular formula is C31H41N3O6. The third kappa shape index (κ3) is 8.31. The van der Waals surface area contributed by atoms with Crippen LogP contribution in [0.1, 0.15) is 57.7 Å². The average molecular weight is 552 g/mol. The second-order valence-electron chi connectivity index (χ2n) is 11.8. The van der Waals surface area contributed by atoms with Crippen molar-refractivity contribution in [1.29, 1.82) is 0 Å². The molecule has 9 nitrogen and oxygen atoms in total. The first-order valence-electron chi connectivity index (χ1n) is 13.6. The molecule has 1 aliphatic rings. The van der Waals surface area contributed by atoms with Gasteiger partial charge >= 0.3 is 12.1 Å². The molecule has 0 saturated carbocycles.